The first-order valence-electron chi connectivity index (χ1n) is 6.71. The molecule has 0 amide bonds. The summed E-state index contributed by atoms with van der Waals surface area (Å²) in [5.41, 5.74) is 2.15. The minimum Gasteiger partial charge on any atom is -0.367 e. The van der Waals surface area contributed by atoms with Crippen LogP contribution in [-0.2, 0) is 0 Å². The predicted octanol–water partition coefficient (Wildman–Crippen LogP) is 4.50. The van der Waals surface area contributed by atoms with Crippen molar-refractivity contribution >= 4 is 33.4 Å². The molecule has 0 saturated heterocycles. The SMILES string of the molecule is CCC(C)Nc1ccnc(Nc2ccc(Br)c(C)c2)n1. The zero-order valence-electron chi connectivity index (χ0n) is 11.9. The number of nitrogens with zero attached hydrogens (tertiary/aromatic N) is 2. The summed E-state index contributed by atoms with van der Waals surface area (Å²) in [7, 11) is 0. The number of halogens is 1. The molecule has 1 aromatic carbocycles. The first-order chi connectivity index (χ1) is 9.58. The molecule has 0 spiro atoms. The fourth-order valence-electron chi connectivity index (χ4n) is 1.71. The molecule has 0 radical (unpaired) electrons. The number of hydrogen-bond donors (Lipinski definition) is 2. The summed E-state index contributed by atoms with van der Waals surface area (Å²) < 4.78 is 1.09. The standard InChI is InChI=1S/C15H19BrN4/c1-4-11(3)18-14-7-8-17-15(20-14)19-12-5-6-13(16)10(2)9-12/h5-9,11H,4H2,1-3H3,(H2,17,18,19,20). The monoisotopic (exact) mass is 334 g/mol. The molecule has 106 valence electrons. The van der Waals surface area contributed by atoms with E-state index in [0.29, 0.717) is 12.0 Å². The van der Waals surface area contributed by atoms with Crippen LogP contribution in [0.2, 0.25) is 0 Å². The Morgan fingerprint density at radius 3 is 2.80 bits per heavy atom. The summed E-state index contributed by atoms with van der Waals surface area (Å²) in [5.74, 6) is 1.44. The Labute approximate surface area is 128 Å². The zero-order chi connectivity index (χ0) is 14.5. The van der Waals surface area contributed by atoms with Gasteiger partial charge in [0.05, 0.1) is 0 Å². The van der Waals surface area contributed by atoms with Crippen molar-refractivity contribution in [2.45, 2.75) is 33.2 Å². The summed E-state index contributed by atoms with van der Waals surface area (Å²) in [6, 6.07) is 8.34. The Hall–Kier alpha value is -1.62. The highest BCUT2D eigenvalue weighted by molar-refractivity contribution is 9.10. The van der Waals surface area contributed by atoms with Gasteiger partial charge >= 0.3 is 0 Å². The Kier molecular flexibility index (Phi) is 4.95. The number of nitrogens with one attached hydrogen (secondary N) is 2. The molecule has 2 rings (SSSR count). The van der Waals surface area contributed by atoms with Crippen LogP contribution in [-0.4, -0.2) is 16.0 Å². The van der Waals surface area contributed by atoms with E-state index in [1.54, 1.807) is 6.20 Å². The Morgan fingerprint density at radius 2 is 2.10 bits per heavy atom. The van der Waals surface area contributed by atoms with E-state index in [-0.39, 0.29) is 0 Å². The summed E-state index contributed by atoms with van der Waals surface area (Å²) in [6.07, 6.45) is 2.81. The Bertz CT molecular complexity index is 586. The summed E-state index contributed by atoms with van der Waals surface area (Å²) in [5, 5.41) is 6.56. The lowest BCUT2D eigenvalue weighted by Crippen LogP contribution is -2.14. The number of rotatable bonds is 5. The van der Waals surface area contributed by atoms with Gasteiger partial charge in [-0.25, -0.2) is 4.98 Å². The van der Waals surface area contributed by atoms with Crippen LogP contribution in [0.4, 0.5) is 17.5 Å². The molecule has 20 heavy (non-hydrogen) atoms. The third-order valence-electron chi connectivity index (χ3n) is 3.08. The lowest BCUT2D eigenvalue weighted by atomic mass is 10.2. The van der Waals surface area contributed by atoms with Gasteiger partial charge in [-0.1, -0.05) is 22.9 Å². The van der Waals surface area contributed by atoms with E-state index < -0.39 is 0 Å². The first kappa shape index (κ1) is 14.8. The number of hydrogen-bond acceptors (Lipinski definition) is 4. The van der Waals surface area contributed by atoms with Crippen molar-refractivity contribution < 1.29 is 0 Å². The van der Waals surface area contributed by atoms with Gasteiger partial charge in [0.25, 0.3) is 0 Å². The molecule has 2 N–H and O–H groups in total. The fourth-order valence-corrected chi connectivity index (χ4v) is 1.95. The maximum Gasteiger partial charge on any atom is 0.229 e. The summed E-state index contributed by atoms with van der Waals surface area (Å²) >= 11 is 3.49. The van der Waals surface area contributed by atoms with Crippen molar-refractivity contribution in [2.24, 2.45) is 0 Å². The van der Waals surface area contributed by atoms with E-state index >= 15 is 0 Å². The van der Waals surface area contributed by atoms with E-state index in [4.69, 9.17) is 0 Å². The van der Waals surface area contributed by atoms with Crippen molar-refractivity contribution in [1.82, 2.24) is 9.97 Å². The van der Waals surface area contributed by atoms with Gasteiger partial charge in [-0.15, -0.1) is 0 Å². The third-order valence-corrected chi connectivity index (χ3v) is 3.97. The molecule has 0 fully saturated rings. The number of aromatic nitrogens is 2. The van der Waals surface area contributed by atoms with Gasteiger partial charge in [0.15, 0.2) is 0 Å². The second-order valence-electron chi connectivity index (χ2n) is 4.81. The second kappa shape index (κ2) is 6.70. The molecule has 4 nitrogen and oxygen atoms in total. The molecule has 1 aromatic heterocycles. The third kappa shape index (κ3) is 3.93. The molecule has 5 heteroatoms. The lowest BCUT2D eigenvalue weighted by molar-refractivity contribution is 0.758. The maximum atomic E-state index is 4.46. The van der Waals surface area contributed by atoms with Gasteiger partial charge in [0.2, 0.25) is 5.95 Å². The Morgan fingerprint density at radius 1 is 1.30 bits per heavy atom. The van der Waals surface area contributed by atoms with Crippen LogP contribution < -0.4 is 10.6 Å². The van der Waals surface area contributed by atoms with Crippen molar-refractivity contribution in [2.75, 3.05) is 10.6 Å². The predicted molar refractivity (Wildman–Crippen MR) is 87.6 cm³/mol. The molecule has 0 bridgehead atoms. The van der Waals surface area contributed by atoms with Gasteiger partial charge in [-0.05, 0) is 50.1 Å². The smallest absolute Gasteiger partial charge is 0.229 e. The zero-order valence-corrected chi connectivity index (χ0v) is 13.5. The van der Waals surface area contributed by atoms with Crippen LogP contribution in [0.25, 0.3) is 0 Å². The van der Waals surface area contributed by atoms with Crippen LogP contribution >= 0.6 is 15.9 Å². The molecule has 0 aliphatic rings. The lowest BCUT2D eigenvalue weighted by Gasteiger charge is -2.13. The minimum atomic E-state index is 0.396. The molecule has 1 unspecified atom stereocenters. The molecular weight excluding hydrogens is 316 g/mol. The van der Waals surface area contributed by atoms with Gasteiger partial charge in [0.1, 0.15) is 5.82 Å². The number of anilines is 3. The molecule has 0 aliphatic carbocycles. The van der Waals surface area contributed by atoms with Gasteiger partial charge < -0.3 is 10.6 Å². The van der Waals surface area contributed by atoms with Crippen LogP contribution in [0.15, 0.2) is 34.9 Å². The van der Waals surface area contributed by atoms with E-state index in [2.05, 4.69) is 63.4 Å². The minimum absolute atomic E-state index is 0.396. The van der Waals surface area contributed by atoms with Gasteiger partial charge in [-0.3, -0.25) is 0 Å². The van der Waals surface area contributed by atoms with E-state index in [1.807, 2.05) is 18.2 Å². The average Bonchev–Trinajstić information content (AvgIpc) is 2.43. The van der Waals surface area contributed by atoms with Crippen molar-refractivity contribution in [3.63, 3.8) is 0 Å². The van der Waals surface area contributed by atoms with Crippen LogP contribution in [0.5, 0.6) is 0 Å². The number of benzene rings is 1. The normalized spacial score (nSPS) is 12.0. The largest absolute Gasteiger partial charge is 0.367 e. The highest BCUT2D eigenvalue weighted by atomic mass is 79.9. The molecular formula is C15H19BrN4. The van der Waals surface area contributed by atoms with Crippen LogP contribution in [0.3, 0.4) is 0 Å². The quantitative estimate of drug-likeness (QED) is 0.845. The average molecular weight is 335 g/mol. The van der Waals surface area contributed by atoms with Gasteiger partial charge in [-0.2, -0.15) is 4.98 Å². The fraction of sp³-hybridized carbons (Fsp3) is 0.333. The van der Waals surface area contributed by atoms with E-state index in [1.165, 1.54) is 5.56 Å². The highest BCUT2D eigenvalue weighted by Gasteiger charge is 2.04. The van der Waals surface area contributed by atoms with Crippen LogP contribution in [0.1, 0.15) is 25.8 Å². The molecule has 0 saturated carbocycles. The molecule has 1 atom stereocenters. The number of aryl methyl sites for hydroxylation is 1. The highest BCUT2D eigenvalue weighted by Crippen LogP contribution is 2.22. The van der Waals surface area contributed by atoms with Crippen molar-refractivity contribution in [3.8, 4) is 0 Å². The summed E-state index contributed by atoms with van der Waals surface area (Å²) in [4.78, 5) is 8.71. The van der Waals surface area contributed by atoms with Crippen molar-refractivity contribution in [1.29, 1.82) is 0 Å². The molecule has 1 heterocycles. The second-order valence-corrected chi connectivity index (χ2v) is 5.66. The van der Waals surface area contributed by atoms with Gasteiger partial charge in [0, 0.05) is 22.4 Å². The van der Waals surface area contributed by atoms with Crippen LogP contribution in [0, 0.1) is 6.92 Å². The van der Waals surface area contributed by atoms with E-state index in [0.717, 1.165) is 22.4 Å². The topological polar surface area (TPSA) is 49.8 Å². The molecule has 0 aliphatic heterocycles. The molecule has 2 aromatic rings. The van der Waals surface area contributed by atoms with Crippen molar-refractivity contribution in [3.05, 3.63) is 40.5 Å². The Balaban J connectivity index is 2.12. The maximum absolute atomic E-state index is 4.46. The summed E-state index contributed by atoms with van der Waals surface area (Å²) in [6.45, 7) is 6.33. The first-order valence-corrected chi connectivity index (χ1v) is 7.50. The van der Waals surface area contributed by atoms with E-state index in [9.17, 15) is 0 Å².